The van der Waals surface area contributed by atoms with Crippen molar-refractivity contribution in [2.75, 3.05) is 18.5 Å². The number of unbranched alkanes of at least 4 members (excludes halogenated alkanes) is 2. The molecule has 0 atom stereocenters. The van der Waals surface area contributed by atoms with Crippen LogP contribution in [0.2, 0.25) is 0 Å². The van der Waals surface area contributed by atoms with Crippen LogP contribution in [0, 0.1) is 16.0 Å². The fourth-order valence-electron chi connectivity index (χ4n) is 2.04. The van der Waals surface area contributed by atoms with Crippen molar-refractivity contribution in [3.63, 3.8) is 0 Å². The highest BCUT2D eigenvalue weighted by atomic mass is 16.6. The van der Waals surface area contributed by atoms with Crippen molar-refractivity contribution in [1.82, 2.24) is 9.97 Å². The maximum Gasteiger partial charge on any atom is 0.372 e. The van der Waals surface area contributed by atoms with Crippen LogP contribution in [0.1, 0.15) is 52.8 Å². The second-order valence-corrected chi connectivity index (χ2v) is 5.56. The quantitative estimate of drug-likeness (QED) is 0.403. The van der Waals surface area contributed by atoms with Crippen LogP contribution in [0.25, 0.3) is 0 Å². The molecular weight excluding hydrogens is 284 g/mol. The zero-order valence-electron chi connectivity index (χ0n) is 13.9. The summed E-state index contributed by atoms with van der Waals surface area (Å²) in [4.78, 5) is 19.4. The Hall–Kier alpha value is -1.92. The van der Waals surface area contributed by atoms with Gasteiger partial charge in [-0.2, -0.15) is 4.98 Å². The van der Waals surface area contributed by atoms with Crippen LogP contribution < -0.4 is 10.1 Å². The molecule has 0 unspecified atom stereocenters. The van der Waals surface area contributed by atoms with Gasteiger partial charge in [0.15, 0.2) is 0 Å². The van der Waals surface area contributed by atoms with Gasteiger partial charge >= 0.3 is 5.69 Å². The van der Waals surface area contributed by atoms with E-state index >= 15 is 0 Å². The third kappa shape index (κ3) is 5.46. The molecular formula is C15H26N4O3. The van der Waals surface area contributed by atoms with Gasteiger partial charge in [-0.15, -0.1) is 0 Å². The zero-order valence-corrected chi connectivity index (χ0v) is 13.9. The summed E-state index contributed by atoms with van der Waals surface area (Å²) in [6.45, 7) is 8.98. The summed E-state index contributed by atoms with van der Waals surface area (Å²) in [6.07, 6.45) is 3.77. The molecule has 1 N–H and O–H groups in total. The largest absolute Gasteiger partial charge is 0.473 e. The van der Waals surface area contributed by atoms with Gasteiger partial charge < -0.3 is 10.1 Å². The van der Waals surface area contributed by atoms with Crippen LogP contribution in [0.4, 0.5) is 11.5 Å². The first-order valence-electron chi connectivity index (χ1n) is 7.91. The Morgan fingerprint density at radius 1 is 1.27 bits per heavy atom. The number of aromatic nitrogens is 2. The number of nitro groups is 1. The fourth-order valence-corrected chi connectivity index (χ4v) is 2.04. The van der Waals surface area contributed by atoms with E-state index in [0.717, 1.165) is 19.3 Å². The Labute approximate surface area is 131 Å². The topological polar surface area (TPSA) is 90.2 Å². The Balaban J connectivity index is 3.10. The van der Waals surface area contributed by atoms with Crippen LogP contribution in [0.3, 0.4) is 0 Å². The molecule has 0 aromatic carbocycles. The lowest BCUT2D eigenvalue weighted by atomic mass is 10.1. The van der Waals surface area contributed by atoms with Gasteiger partial charge in [0.1, 0.15) is 5.82 Å². The summed E-state index contributed by atoms with van der Waals surface area (Å²) < 4.78 is 5.36. The van der Waals surface area contributed by atoms with Crippen molar-refractivity contribution in [3.05, 3.63) is 15.9 Å². The first kappa shape index (κ1) is 18.1. The molecule has 1 rings (SSSR count). The summed E-state index contributed by atoms with van der Waals surface area (Å²) in [5.74, 6) is 1.25. The predicted octanol–water partition coefficient (Wildman–Crippen LogP) is 3.58. The molecule has 7 nitrogen and oxygen atoms in total. The molecule has 22 heavy (non-hydrogen) atoms. The normalized spacial score (nSPS) is 10.8. The lowest BCUT2D eigenvalue weighted by Crippen LogP contribution is -2.12. The predicted molar refractivity (Wildman–Crippen MR) is 86.4 cm³/mol. The Morgan fingerprint density at radius 3 is 2.55 bits per heavy atom. The number of ether oxygens (including phenoxy) is 1. The van der Waals surface area contributed by atoms with Gasteiger partial charge in [-0.25, -0.2) is 4.98 Å². The minimum Gasteiger partial charge on any atom is -0.473 e. The molecule has 0 fully saturated rings. The molecule has 0 aliphatic carbocycles. The first-order chi connectivity index (χ1) is 10.5. The lowest BCUT2D eigenvalue weighted by molar-refractivity contribution is -0.385. The van der Waals surface area contributed by atoms with Gasteiger partial charge in [0.25, 0.3) is 5.88 Å². The first-order valence-corrected chi connectivity index (χ1v) is 7.91. The summed E-state index contributed by atoms with van der Waals surface area (Å²) in [7, 11) is 0. The van der Waals surface area contributed by atoms with Gasteiger partial charge in [-0.1, -0.05) is 33.6 Å². The second kappa shape index (κ2) is 9.17. The molecule has 0 spiro atoms. The van der Waals surface area contributed by atoms with Gasteiger partial charge in [0.05, 0.1) is 11.5 Å². The third-order valence-corrected chi connectivity index (χ3v) is 3.03. The average Bonchev–Trinajstić information content (AvgIpc) is 2.42. The molecule has 1 aromatic rings. The maximum absolute atomic E-state index is 11.3. The van der Waals surface area contributed by atoms with E-state index in [0.29, 0.717) is 31.3 Å². The maximum atomic E-state index is 11.3. The van der Waals surface area contributed by atoms with E-state index in [-0.39, 0.29) is 17.4 Å². The minimum absolute atomic E-state index is 0.0520. The van der Waals surface area contributed by atoms with Gasteiger partial charge in [-0.05, 0) is 19.3 Å². The molecule has 1 aromatic heterocycles. The van der Waals surface area contributed by atoms with Gasteiger partial charge in [0.2, 0.25) is 5.82 Å². The van der Waals surface area contributed by atoms with Crippen molar-refractivity contribution in [3.8, 4) is 5.88 Å². The molecule has 0 saturated carbocycles. The van der Waals surface area contributed by atoms with Crippen LogP contribution >= 0.6 is 0 Å². The van der Waals surface area contributed by atoms with Crippen LogP contribution in [0.5, 0.6) is 5.88 Å². The van der Waals surface area contributed by atoms with Crippen molar-refractivity contribution < 1.29 is 9.66 Å². The summed E-state index contributed by atoms with van der Waals surface area (Å²) >= 11 is 0. The Kier molecular flexibility index (Phi) is 7.56. The minimum atomic E-state index is -0.480. The highest BCUT2D eigenvalue weighted by Crippen LogP contribution is 2.32. The number of nitrogens with zero attached hydrogens (tertiary/aromatic N) is 3. The third-order valence-electron chi connectivity index (χ3n) is 3.03. The van der Waals surface area contributed by atoms with Gasteiger partial charge in [0, 0.05) is 13.0 Å². The molecule has 0 saturated heterocycles. The molecule has 1 heterocycles. The highest BCUT2D eigenvalue weighted by molar-refractivity contribution is 5.61. The van der Waals surface area contributed by atoms with Crippen LogP contribution in [-0.4, -0.2) is 28.0 Å². The summed E-state index contributed by atoms with van der Waals surface area (Å²) in [6, 6.07) is 0. The van der Waals surface area contributed by atoms with E-state index < -0.39 is 4.92 Å². The number of nitrogens with one attached hydrogen (secondary N) is 1. The smallest absolute Gasteiger partial charge is 0.372 e. The number of hydrogen-bond acceptors (Lipinski definition) is 6. The number of hydrogen-bond donors (Lipinski definition) is 1. The van der Waals surface area contributed by atoms with Crippen molar-refractivity contribution in [2.24, 2.45) is 5.92 Å². The zero-order chi connectivity index (χ0) is 16.5. The molecule has 7 heteroatoms. The molecule has 0 bridgehead atoms. The summed E-state index contributed by atoms with van der Waals surface area (Å²) in [5.41, 5.74) is -0.175. The van der Waals surface area contributed by atoms with Crippen molar-refractivity contribution >= 4 is 11.5 Å². The Morgan fingerprint density at radius 2 is 2.00 bits per heavy atom. The van der Waals surface area contributed by atoms with E-state index in [1.807, 2.05) is 0 Å². The number of anilines is 1. The van der Waals surface area contributed by atoms with E-state index in [2.05, 4.69) is 36.1 Å². The van der Waals surface area contributed by atoms with E-state index in [1.165, 1.54) is 0 Å². The molecule has 124 valence electrons. The lowest BCUT2D eigenvalue weighted by Gasteiger charge is -2.12. The second-order valence-electron chi connectivity index (χ2n) is 5.56. The van der Waals surface area contributed by atoms with E-state index in [4.69, 9.17) is 4.74 Å². The van der Waals surface area contributed by atoms with E-state index in [9.17, 15) is 10.1 Å². The van der Waals surface area contributed by atoms with Crippen LogP contribution in [0.15, 0.2) is 0 Å². The molecule has 0 aliphatic heterocycles. The van der Waals surface area contributed by atoms with Crippen molar-refractivity contribution in [2.45, 2.75) is 53.4 Å². The molecule has 0 amide bonds. The van der Waals surface area contributed by atoms with Crippen molar-refractivity contribution in [1.29, 1.82) is 0 Å². The number of rotatable bonds is 10. The van der Waals surface area contributed by atoms with E-state index in [1.54, 1.807) is 6.92 Å². The van der Waals surface area contributed by atoms with Crippen LogP contribution in [-0.2, 0) is 6.42 Å². The average molecular weight is 310 g/mol. The SMILES string of the molecule is CCCCCNc1nc(CC(C)C)nc(OCC)c1[N+](=O)[O-]. The molecule has 0 aliphatic rings. The fraction of sp³-hybridized carbons (Fsp3) is 0.733. The molecule has 0 radical (unpaired) electrons. The highest BCUT2D eigenvalue weighted by Gasteiger charge is 2.26. The van der Waals surface area contributed by atoms with Gasteiger partial charge in [-0.3, -0.25) is 10.1 Å². The Bertz CT molecular complexity index is 492. The summed E-state index contributed by atoms with van der Waals surface area (Å²) in [5, 5.41) is 14.4. The standard InChI is InChI=1S/C15H26N4O3/c1-5-7-8-9-16-14-13(19(20)21)15(22-6-2)18-12(17-14)10-11(3)4/h11H,5-10H2,1-4H3,(H,16,17,18). The monoisotopic (exact) mass is 310 g/mol.